The van der Waals surface area contributed by atoms with Crippen LogP contribution in [0.2, 0.25) is 0 Å². The number of ether oxygens (including phenoxy) is 1. The van der Waals surface area contributed by atoms with E-state index in [1.165, 1.54) is 0 Å². The molecule has 0 saturated heterocycles. The number of anilines is 2. The molecule has 0 unspecified atom stereocenters. The van der Waals surface area contributed by atoms with E-state index >= 15 is 4.39 Å². The Balaban J connectivity index is 1.11. The summed E-state index contributed by atoms with van der Waals surface area (Å²) >= 11 is 3.41. The van der Waals surface area contributed by atoms with Crippen molar-refractivity contribution in [2.24, 2.45) is 5.92 Å². The SMILES string of the molecule is O=C(NC12CC(C1)C2)O[C@H]1CC[C@@H](c2cc(Nc3ncc(Br)n4nccc34)n[nH]2)[C@@H]1F. The number of hydrogen-bond acceptors (Lipinski definition) is 6. The van der Waals surface area contributed by atoms with Gasteiger partial charge in [0.15, 0.2) is 11.6 Å². The van der Waals surface area contributed by atoms with Gasteiger partial charge in [-0.15, -0.1) is 0 Å². The predicted octanol–water partition coefficient (Wildman–Crippen LogP) is 3.82. The van der Waals surface area contributed by atoms with Gasteiger partial charge in [-0.2, -0.15) is 10.2 Å². The average molecular weight is 490 g/mol. The van der Waals surface area contributed by atoms with Gasteiger partial charge in [-0.05, 0) is 60.0 Å². The van der Waals surface area contributed by atoms with Crippen molar-refractivity contribution in [2.75, 3.05) is 5.32 Å². The minimum Gasteiger partial charge on any atom is -0.443 e. The third-order valence-corrected chi connectivity index (χ3v) is 7.34. The van der Waals surface area contributed by atoms with E-state index in [9.17, 15) is 4.79 Å². The van der Waals surface area contributed by atoms with Crippen molar-refractivity contribution in [3.8, 4) is 0 Å². The van der Waals surface area contributed by atoms with Crippen molar-refractivity contribution in [3.63, 3.8) is 0 Å². The highest BCUT2D eigenvalue weighted by molar-refractivity contribution is 9.10. The van der Waals surface area contributed by atoms with Crippen LogP contribution in [0.4, 0.5) is 20.8 Å². The first-order valence-corrected chi connectivity index (χ1v) is 11.2. The summed E-state index contributed by atoms with van der Waals surface area (Å²) in [6.07, 6.45) is 4.95. The molecule has 7 rings (SSSR count). The van der Waals surface area contributed by atoms with Gasteiger partial charge < -0.3 is 15.4 Å². The lowest BCUT2D eigenvalue weighted by Gasteiger charge is -2.61. The molecule has 3 aromatic heterocycles. The van der Waals surface area contributed by atoms with Gasteiger partial charge in [-0.25, -0.2) is 18.7 Å². The summed E-state index contributed by atoms with van der Waals surface area (Å²) < 4.78 is 22.9. The van der Waals surface area contributed by atoms with Gasteiger partial charge in [0.05, 0.1) is 12.4 Å². The van der Waals surface area contributed by atoms with Gasteiger partial charge in [-0.3, -0.25) is 5.10 Å². The molecule has 3 heterocycles. The van der Waals surface area contributed by atoms with E-state index < -0.39 is 24.3 Å². The molecule has 4 aliphatic carbocycles. The number of rotatable bonds is 5. The number of aromatic nitrogens is 5. The molecule has 2 bridgehead atoms. The molecule has 3 N–H and O–H groups in total. The molecule has 0 aromatic carbocycles. The number of carbonyl (C=O) groups excluding carboxylic acids is 1. The molecule has 4 fully saturated rings. The van der Waals surface area contributed by atoms with Crippen molar-refractivity contribution in [2.45, 2.75) is 55.8 Å². The van der Waals surface area contributed by atoms with Crippen LogP contribution in [0.15, 0.2) is 29.1 Å². The lowest BCUT2D eigenvalue weighted by atomic mass is 9.50. The summed E-state index contributed by atoms with van der Waals surface area (Å²) in [7, 11) is 0. The van der Waals surface area contributed by atoms with Crippen LogP contribution in [0.5, 0.6) is 0 Å². The van der Waals surface area contributed by atoms with Gasteiger partial charge in [0, 0.05) is 23.2 Å². The molecule has 4 saturated carbocycles. The molecule has 9 nitrogen and oxygen atoms in total. The predicted molar refractivity (Wildman–Crippen MR) is 113 cm³/mol. The Morgan fingerprint density at radius 3 is 2.97 bits per heavy atom. The number of hydrogen-bond donors (Lipinski definition) is 3. The van der Waals surface area contributed by atoms with Gasteiger partial charge in [0.25, 0.3) is 0 Å². The number of halogens is 2. The highest BCUT2D eigenvalue weighted by atomic mass is 79.9. The minimum atomic E-state index is -1.28. The highest BCUT2D eigenvalue weighted by Crippen LogP contribution is 2.57. The second-order valence-corrected chi connectivity index (χ2v) is 9.66. The molecule has 3 atom stereocenters. The number of nitrogens with zero attached hydrogens (tertiary/aromatic N) is 4. The van der Waals surface area contributed by atoms with Gasteiger partial charge >= 0.3 is 6.09 Å². The van der Waals surface area contributed by atoms with Crippen LogP contribution in [0.25, 0.3) is 5.52 Å². The fourth-order valence-electron chi connectivity index (χ4n) is 5.09. The van der Waals surface area contributed by atoms with Crippen molar-refractivity contribution in [1.82, 2.24) is 30.1 Å². The maximum Gasteiger partial charge on any atom is 0.407 e. The molecule has 162 valence electrons. The number of carbonyl (C=O) groups is 1. The molecule has 11 heteroatoms. The summed E-state index contributed by atoms with van der Waals surface area (Å²) in [5.74, 6) is 1.48. The number of alkyl carbamates (subject to hydrolysis) is 1. The largest absolute Gasteiger partial charge is 0.443 e. The number of fused-ring (bicyclic) bond motifs is 1. The number of aromatic amines is 1. The molecule has 0 aliphatic heterocycles. The minimum absolute atomic E-state index is 0.0719. The monoisotopic (exact) mass is 489 g/mol. The summed E-state index contributed by atoms with van der Waals surface area (Å²) in [5.41, 5.74) is 1.38. The van der Waals surface area contributed by atoms with Crippen LogP contribution in [-0.2, 0) is 4.74 Å². The molecule has 0 spiro atoms. The number of H-pyrrole nitrogens is 1. The topological polar surface area (TPSA) is 109 Å². The first kappa shape index (κ1) is 19.0. The summed E-state index contributed by atoms with van der Waals surface area (Å²) in [6.45, 7) is 0. The number of amides is 1. The van der Waals surface area contributed by atoms with Crippen LogP contribution in [-0.4, -0.2) is 48.7 Å². The number of alkyl halides is 1. The number of nitrogens with one attached hydrogen (secondary N) is 3. The van der Waals surface area contributed by atoms with E-state index in [4.69, 9.17) is 4.74 Å². The molecule has 1 amide bonds. The quantitative estimate of drug-likeness (QED) is 0.502. The normalized spacial score (nSPS) is 31.2. The van der Waals surface area contributed by atoms with Crippen molar-refractivity contribution < 1.29 is 13.9 Å². The van der Waals surface area contributed by atoms with Gasteiger partial charge in [0.2, 0.25) is 0 Å². The van der Waals surface area contributed by atoms with Crippen LogP contribution in [0, 0.1) is 5.92 Å². The Morgan fingerprint density at radius 2 is 2.19 bits per heavy atom. The Morgan fingerprint density at radius 1 is 1.35 bits per heavy atom. The standard InChI is InChI=1S/C20H21BrFN7O2/c21-15-9-23-18(13-3-4-24-29(13)15)25-16-5-12(27-28-16)11-1-2-14(17(11)22)31-19(30)26-20-6-10(7-20)8-20/h3-5,9-11,14,17H,1-2,6-8H2,(H,26,30)(H2,23,25,27,28)/t10?,11-,14-,17-,20?/m0/s1. The van der Waals surface area contributed by atoms with E-state index in [0.717, 1.165) is 35.3 Å². The van der Waals surface area contributed by atoms with Crippen LogP contribution < -0.4 is 10.6 Å². The molecular weight excluding hydrogens is 469 g/mol. The fourth-order valence-corrected chi connectivity index (χ4v) is 5.47. The van der Waals surface area contributed by atoms with E-state index in [2.05, 4.69) is 46.8 Å². The second kappa shape index (κ2) is 6.91. The Kier molecular flexibility index (Phi) is 4.24. The molecule has 4 aliphatic rings. The Bertz CT molecular complexity index is 1150. The lowest BCUT2D eigenvalue weighted by molar-refractivity contribution is -0.0532. The molecule has 0 radical (unpaired) electrons. The van der Waals surface area contributed by atoms with E-state index in [1.807, 2.05) is 6.07 Å². The third kappa shape index (κ3) is 3.17. The van der Waals surface area contributed by atoms with Crippen LogP contribution in [0.3, 0.4) is 0 Å². The Labute approximate surface area is 185 Å². The van der Waals surface area contributed by atoms with E-state index in [0.29, 0.717) is 30.2 Å². The van der Waals surface area contributed by atoms with E-state index in [-0.39, 0.29) is 5.54 Å². The zero-order valence-electron chi connectivity index (χ0n) is 16.5. The lowest BCUT2D eigenvalue weighted by Crippen LogP contribution is -2.68. The van der Waals surface area contributed by atoms with Gasteiger partial charge in [-0.1, -0.05) is 0 Å². The van der Waals surface area contributed by atoms with Crippen molar-refractivity contribution >= 4 is 39.2 Å². The van der Waals surface area contributed by atoms with Crippen molar-refractivity contribution in [1.29, 1.82) is 0 Å². The first-order valence-electron chi connectivity index (χ1n) is 10.4. The highest BCUT2D eigenvalue weighted by Gasteiger charge is 2.58. The maximum absolute atomic E-state index is 15.1. The van der Waals surface area contributed by atoms with E-state index in [1.54, 1.807) is 23.0 Å². The Hall–Kier alpha value is -2.69. The summed E-state index contributed by atoms with van der Waals surface area (Å²) in [5, 5.41) is 17.5. The molecular formula is C20H21BrFN7O2. The zero-order valence-corrected chi connectivity index (χ0v) is 18.1. The summed E-state index contributed by atoms with van der Waals surface area (Å²) in [6, 6.07) is 3.61. The van der Waals surface area contributed by atoms with Crippen LogP contribution >= 0.6 is 15.9 Å². The van der Waals surface area contributed by atoms with Gasteiger partial charge in [0.1, 0.15) is 22.4 Å². The fraction of sp³-hybridized carbons (Fsp3) is 0.500. The third-order valence-electron chi connectivity index (χ3n) is 6.80. The second-order valence-electron chi connectivity index (χ2n) is 8.85. The van der Waals surface area contributed by atoms with Crippen molar-refractivity contribution in [3.05, 3.63) is 34.8 Å². The van der Waals surface area contributed by atoms with Crippen LogP contribution in [0.1, 0.15) is 43.7 Å². The average Bonchev–Trinajstić information content (AvgIpc) is 3.41. The zero-order chi connectivity index (χ0) is 21.2. The molecule has 31 heavy (non-hydrogen) atoms. The smallest absolute Gasteiger partial charge is 0.407 e. The summed E-state index contributed by atoms with van der Waals surface area (Å²) in [4.78, 5) is 16.6. The maximum atomic E-state index is 15.1. The first-order chi connectivity index (χ1) is 15.0. The molecule has 3 aromatic rings.